The lowest BCUT2D eigenvalue weighted by atomic mass is 9.86. The lowest BCUT2D eigenvalue weighted by Crippen LogP contribution is -2.61. The first-order valence-electron chi connectivity index (χ1n) is 8.33. The Bertz CT molecular complexity index is 1110. The number of benzene rings is 2. The number of aliphatic hydroxyl groups excluding tert-OH is 1. The molecule has 2 aromatic carbocycles. The number of hydrogen-bond acceptors (Lipinski definition) is 10. The first-order valence-corrected chi connectivity index (χ1v) is 8.33. The van der Waals surface area contributed by atoms with Crippen LogP contribution in [0.5, 0.6) is 0 Å². The van der Waals surface area contributed by atoms with E-state index in [0.29, 0.717) is 0 Å². The first-order chi connectivity index (χ1) is 14.9. The van der Waals surface area contributed by atoms with Crippen molar-refractivity contribution in [2.24, 2.45) is 0 Å². The van der Waals surface area contributed by atoms with Crippen molar-refractivity contribution >= 4 is 35.1 Å². The number of Topliss-reactive ketones (excluding diaryl/α,β-unsaturated/α-hetero) is 1. The van der Waals surface area contributed by atoms with Crippen LogP contribution in [-0.2, 0) is 14.3 Å². The summed E-state index contributed by atoms with van der Waals surface area (Å²) in [7, 11) is 0. The molecule has 0 spiro atoms. The van der Waals surface area contributed by atoms with E-state index in [1.54, 1.807) is 0 Å². The largest absolute Gasteiger partial charge is 0.479 e. The van der Waals surface area contributed by atoms with Crippen LogP contribution in [0.4, 0.5) is 11.4 Å². The molecule has 14 nitrogen and oxygen atoms in total. The molecular weight excluding hydrogens is 436 g/mol. The van der Waals surface area contributed by atoms with Gasteiger partial charge in [0, 0.05) is 29.8 Å². The molecule has 2 rings (SSSR count). The van der Waals surface area contributed by atoms with Crippen molar-refractivity contribution in [3.05, 3.63) is 79.9 Å². The molecule has 0 bridgehead atoms. The van der Waals surface area contributed by atoms with E-state index < -0.39 is 67.7 Å². The van der Waals surface area contributed by atoms with Crippen LogP contribution in [-0.4, -0.2) is 60.6 Å². The molecule has 0 aliphatic carbocycles. The van der Waals surface area contributed by atoms with E-state index in [0.717, 1.165) is 48.5 Å². The lowest BCUT2D eigenvalue weighted by molar-refractivity contribution is -0.385. The maximum Gasteiger partial charge on any atom is 0.360 e. The summed E-state index contributed by atoms with van der Waals surface area (Å²) < 4.78 is 4.68. The highest BCUT2D eigenvalue weighted by Gasteiger charge is 2.59. The summed E-state index contributed by atoms with van der Waals surface area (Å²) in [5, 5.41) is 50.2. The molecule has 14 heteroatoms. The second-order valence-electron chi connectivity index (χ2n) is 6.11. The van der Waals surface area contributed by atoms with Gasteiger partial charge in [-0.25, -0.2) is 14.4 Å². The number of aliphatic hydroxyl groups is 1. The van der Waals surface area contributed by atoms with E-state index in [-0.39, 0.29) is 0 Å². The van der Waals surface area contributed by atoms with Gasteiger partial charge >= 0.3 is 23.5 Å². The smallest absolute Gasteiger partial charge is 0.360 e. The molecule has 0 amide bonds. The van der Waals surface area contributed by atoms with Crippen molar-refractivity contribution in [1.82, 2.24) is 0 Å². The summed E-state index contributed by atoms with van der Waals surface area (Å²) in [4.78, 5) is 68.5. The van der Waals surface area contributed by atoms with Gasteiger partial charge in [-0.15, -0.1) is 0 Å². The maximum absolute atomic E-state index is 12.9. The van der Waals surface area contributed by atoms with Gasteiger partial charge in [0.15, 0.2) is 0 Å². The molecule has 32 heavy (non-hydrogen) atoms. The van der Waals surface area contributed by atoms with Crippen LogP contribution in [0.1, 0.15) is 20.7 Å². The van der Waals surface area contributed by atoms with Crippen molar-refractivity contribution in [2.75, 3.05) is 0 Å². The second-order valence-corrected chi connectivity index (χ2v) is 6.11. The van der Waals surface area contributed by atoms with Gasteiger partial charge in [0.25, 0.3) is 11.4 Å². The van der Waals surface area contributed by atoms with E-state index >= 15 is 0 Å². The van der Waals surface area contributed by atoms with Gasteiger partial charge in [-0.3, -0.25) is 25.0 Å². The van der Waals surface area contributed by atoms with Gasteiger partial charge in [0.1, 0.15) is 0 Å². The number of hydrogen-bond donors (Lipinski definition) is 3. The average Bonchev–Trinajstić information content (AvgIpc) is 2.76. The summed E-state index contributed by atoms with van der Waals surface area (Å²) in [6.07, 6.45) is -3.08. The minimum atomic E-state index is -3.68. The maximum atomic E-state index is 12.9. The van der Waals surface area contributed by atoms with Crippen molar-refractivity contribution in [3.63, 3.8) is 0 Å². The molecule has 0 aliphatic rings. The zero-order chi connectivity index (χ0) is 24.2. The number of rotatable bonds is 9. The SMILES string of the molecule is O=C(OC(C(=O)O)(C(=O)c1ccc([N+](=O)[O-])cc1)C(O)C(=O)O)c1ccc([N+](=O)[O-])cc1. The number of nitro groups is 2. The van der Waals surface area contributed by atoms with E-state index in [9.17, 15) is 49.6 Å². The Morgan fingerprint density at radius 3 is 1.56 bits per heavy atom. The van der Waals surface area contributed by atoms with E-state index in [4.69, 9.17) is 5.11 Å². The minimum Gasteiger partial charge on any atom is -0.479 e. The Labute approximate surface area is 176 Å². The van der Waals surface area contributed by atoms with Crippen LogP contribution in [0.3, 0.4) is 0 Å². The van der Waals surface area contributed by atoms with Gasteiger partial charge < -0.3 is 20.1 Å². The first kappa shape index (κ1) is 23.6. The number of carboxylic acids is 2. The highest BCUT2D eigenvalue weighted by Crippen LogP contribution is 2.27. The molecule has 0 radical (unpaired) electrons. The molecule has 2 unspecified atom stereocenters. The fourth-order valence-corrected chi connectivity index (χ4v) is 2.53. The van der Waals surface area contributed by atoms with E-state index in [1.165, 1.54) is 0 Å². The third-order valence-corrected chi connectivity index (χ3v) is 4.18. The summed E-state index contributed by atoms with van der Waals surface area (Å²) >= 11 is 0. The highest BCUT2D eigenvalue weighted by molar-refractivity contribution is 6.19. The topological polar surface area (TPSA) is 224 Å². The lowest BCUT2D eigenvalue weighted by Gasteiger charge is -2.30. The van der Waals surface area contributed by atoms with Gasteiger partial charge in [0.2, 0.25) is 11.9 Å². The van der Waals surface area contributed by atoms with Crippen LogP contribution in [0, 0.1) is 20.2 Å². The molecular formula is C18H12N2O12. The van der Waals surface area contributed by atoms with Crippen LogP contribution >= 0.6 is 0 Å². The molecule has 3 N–H and O–H groups in total. The third kappa shape index (κ3) is 4.39. The number of ketones is 1. The molecule has 0 aromatic heterocycles. The molecule has 166 valence electrons. The average molecular weight is 448 g/mol. The minimum absolute atomic E-state index is 0.432. The van der Waals surface area contributed by atoms with Gasteiger partial charge in [-0.05, 0) is 24.3 Å². The molecule has 0 saturated heterocycles. The zero-order valence-corrected chi connectivity index (χ0v) is 15.6. The predicted molar refractivity (Wildman–Crippen MR) is 99.9 cm³/mol. The van der Waals surface area contributed by atoms with E-state index in [1.807, 2.05) is 0 Å². The number of nitro benzene ring substituents is 2. The standard InChI is InChI=1S/C18H12N2O12/c21-13(9-1-5-11(6-2-9)19(28)29)18(17(26)27,14(22)15(23)24)32-16(25)10-3-7-12(8-4-10)20(30)31/h1-8,14,22H,(H,23,24)(H,26,27). The van der Waals surface area contributed by atoms with Crippen LogP contribution in [0.15, 0.2) is 48.5 Å². The number of esters is 1. The zero-order valence-electron chi connectivity index (χ0n) is 15.6. The number of carbonyl (C=O) groups is 4. The number of ether oxygens (including phenoxy) is 1. The molecule has 0 fully saturated rings. The number of aliphatic carboxylic acids is 2. The second kappa shape index (κ2) is 8.97. The molecule has 2 aromatic rings. The number of carbonyl (C=O) groups excluding carboxylic acids is 2. The monoisotopic (exact) mass is 448 g/mol. The van der Waals surface area contributed by atoms with Crippen molar-refractivity contribution in [3.8, 4) is 0 Å². The Morgan fingerprint density at radius 2 is 1.22 bits per heavy atom. The normalized spacial score (nSPS) is 13.3. The number of nitrogens with zero attached hydrogens (tertiary/aromatic N) is 2. The fraction of sp³-hybridized carbons (Fsp3) is 0.111. The Balaban J connectivity index is 2.55. The van der Waals surface area contributed by atoms with E-state index in [2.05, 4.69) is 4.74 Å². The number of non-ortho nitro benzene ring substituents is 2. The molecule has 2 atom stereocenters. The Hall–Kier alpha value is -4.72. The number of carboxylic acid groups (broad SMARTS) is 2. The summed E-state index contributed by atoms with van der Waals surface area (Å²) in [6, 6.07) is 6.64. The Morgan fingerprint density at radius 1 is 0.812 bits per heavy atom. The third-order valence-electron chi connectivity index (χ3n) is 4.18. The molecule has 0 heterocycles. The van der Waals surface area contributed by atoms with Crippen molar-refractivity contribution in [2.45, 2.75) is 11.7 Å². The molecule has 0 aliphatic heterocycles. The fourth-order valence-electron chi connectivity index (χ4n) is 2.53. The Kier molecular flexibility index (Phi) is 6.60. The van der Waals surface area contributed by atoms with Crippen LogP contribution in [0.2, 0.25) is 0 Å². The van der Waals surface area contributed by atoms with Crippen molar-refractivity contribution in [1.29, 1.82) is 0 Å². The van der Waals surface area contributed by atoms with Crippen LogP contribution < -0.4 is 0 Å². The quantitative estimate of drug-likeness (QED) is 0.159. The van der Waals surface area contributed by atoms with Crippen molar-refractivity contribution < 1.29 is 49.1 Å². The van der Waals surface area contributed by atoms with Gasteiger partial charge in [-0.1, -0.05) is 0 Å². The van der Waals surface area contributed by atoms with Gasteiger partial charge in [-0.2, -0.15) is 0 Å². The summed E-state index contributed by atoms with van der Waals surface area (Å²) in [5.41, 5.74) is -5.70. The summed E-state index contributed by atoms with van der Waals surface area (Å²) in [5.74, 6) is -7.84. The molecule has 0 saturated carbocycles. The van der Waals surface area contributed by atoms with Gasteiger partial charge in [0.05, 0.1) is 15.4 Å². The van der Waals surface area contributed by atoms with Crippen LogP contribution in [0.25, 0.3) is 0 Å². The predicted octanol–water partition coefficient (Wildman–Crippen LogP) is 0.812. The highest BCUT2D eigenvalue weighted by atomic mass is 16.6. The summed E-state index contributed by atoms with van der Waals surface area (Å²) in [6.45, 7) is 0.